The van der Waals surface area contributed by atoms with Gasteiger partial charge in [-0.05, 0) is 28.1 Å². The van der Waals surface area contributed by atoms with Gasteiger partial charge in [-0.3, -0.25) is 4.79 Å². The predicted molar refractivity (Wildman–Crippen MR) is 75.9 cm³/mol. The van der Waals surface area contributed by atoms with Crippen LogP contribution in [-0.4, -0.2) is 16.3 Å². The molecular formula is C13H7BrN2OS. The van der Waals surface area contributed by atoms with Crippen LogP contribution < -0.4 is 0 Å². The molecule has 3 aromatic rings. The standard InChI is InChI=1S/C13H7BrN2OS/c14-10-5-8-3-1-2-4-11(8)16-12(10)13-15-9(6-17)7-18-13/h1-7H. The van der Waals surface area contributed by atoms with E-state index < -0.39 is 0 Å². The van der Waals surface area contributed by atoms with Gasteiger partial charge in [-0.15, -0.1) is 11.3 Å². The summed E-state index contributed by atoms with van der Waals surface area (Å²) in [6, 6.07) is 9.91. The van der Waals surface area contributed by atoms with E-state index in [1.807, 2.05) is 30.3 Å². The Bertz CT molecular complexity index is 739. The Morgan fingerprint density at radius 1 is 1.22 bits per heavy atom. The number of nitrogens with zero attached hydrogens (tertiary/aromatic N) is 2. The van der Waals surface area contributed by atoms with E-state index in [-0.39, 0.29) is 0 Å². The Hall–Kier alpha value is -1.59. The molecule has 0 unspecified atom stereocenters. The fourth-order valence-electron chi connectivity index (χ4n) is 1.69. The molecule has 5 heteroatoms. The van der Waals surface area contributed by atoms with E-state index in [1.54, 1.807) is 5.38 Å². The summed E-state index contributed by atoms with van der Waals surface area (Å²) in [7, 11) is 0. The van der Waals surface area contributed by atoms with Crippen LogP contribution in [0.5, 0.6) is 0 Å². The van der Waals surface area contributed by atoms with Crippen LogP contribution in [0.15, 0.2) is 40.2 Å². The topological polar surface area (TPSA) is 42.9 Å². The average Bonchev–Trinajstić information content (AvgIpc) is 2.86. The maximum absolute atomic E-state index is 10.7. The maximum Gasteiger partial charge on any atom is 0.169 e. The van der Waals surface area contributed by atoms with E-state index in [0.29, 0.717) is 5.69 Å². The van der Waals surface area contributed by atoms with Crippen molar-refractivity contribution >= 4 is 44.5 Å². The minimum Gasteiger partial charge on any atom is -0.296 e. The molecule has 88 valence electrons. The molecule has 0 aliphatic carbocycles. The third-order valence-electron chi connectivity index (χ3n) is 2.52. The van der Waals surface area contributed by atoms with Crippen molar-refractivity contribution in [3.8, 4) is 10.7 Å². The van der Waals surface area contributed by atoms with Crippen molar-refractivity contribution in [3.05, 3.63) is 45.9 Å². The van der Waals surface area contributed by atoms with Crippen molar-refractivity contribution < 1.29 is 4.79 Å². The van der Waals surface area contributed by atoms with Crippen LogP contribution in [0.3, 0.4) is 0 Å². The van der Waals surface area contributed by atoms with Crippen LogP contribution in [0.2, 0.25) is 0 Å². The summed E-state index contributed by atoms with van der Waals surface area (Å²) < 4.78 is 0.882. The number of hydrogen-bond donors (Lipinski definition) is 0. The van der Waals surface area contributed by atoms with E-state index in [0.717, 1.165) is 32.4 Å². The molecule has 0 fully saturated rings. The molecule has 3 rings (SSSR count). The van der Waals surface area contributed by atoms with Crippen LogP contribution >= 0.6 is 27.3 Å². The highest BCUT2D eigenvalue weighted by atomic mass is 79.9. The molecule has 0 radical (unpaired) electrons. The quantitative estimate of drug-likeness (QED) is 0.672. The Morgan fingerprint density at radius 3 is 2.83 bits per heavy atom. The number of fused-ring (bicyclic) bond motifs is 1. The molecule has 0 aliphatic heterocycles. The molecule has 0 N–H and O–H groups in total. The molecule has 18 heavy (non-hydrogen) atoms. The highest BCUT2D eigenvalue weighted by molar-refractivity contribution is 9.10. The first-order valence-electron chi connectivity index (χ1n) is 5.24. The zero-order valence-corrected chi connectivity index (χ0v) is 11.5. The lowest BCUT2D eigenvalue weighted by Gasteiger charge is -2.03. The second kappa shape index (κ2) is 4.59. The van der Waals surface area contributed by atoms with Gasteiger partial charge in [0.1, 0.15) is 16.4 Å². The van der Waals surface area contributed by atoms with Gasteiger partial charge in [-0.25, -0.2) is 9.97 Å². The fraction of sp³-hybridized carbons (Fsp3) is 0. The number of para-hydroxylation sites is 1. The summed E-state index contributed by atoms with van der Waals surface area (Å²) >= 11 is 4.92. The van der Waals surface area contributed by atoms with E-state index >= 15 is 0 Å². The lowest BCUT2D eigenvalue weighted by atomic mass is 10.2. The zero-order chi connectivity index (χ0) is 12.5. The second-order valence-electron chi connectivity index (χ2n) is 3.71. The van der Waals surface area contributed by atoms with Gasteiger partial charge in [0.25, 0.3) is 0 Å². The number of thiazole rings is 1. The number of rotatable bonds is 2. The van der Waals surface area contributed by atoms with E-state index in [4.69, 9.17) is 0 Å². The van der Waals surface area contributed by atoms with Gasteiger partial charge in [0.2, 0.25) is 0 Å². The number of carbonyl (C=O) groups is 1. The first kappa shape index (κ1) is 11.5. The predicted octanol–water partition coefficient (Wildman–Crippen LogP) is 3.93. The maximum atomic E-state index is 10.7. The summed E-state index contributed by atoms with van der Waals surface area (Å²) in [5.41, 5.74) is 2.13. The van der Waals surface area contributed by atoms with Crippen LogP contribution in [0.4, 0.5) is 0 Å². The molecule has 0 saturated heterocycles. The number of pyridine rings is 1. The molecule has 2 aromatic heterocycles. The van der Waals surface area contributed by atoms with Crippen molar-refractivity contribution in [1.29, 1.82) is 0 Å². The van der Waals surface area contributed by atoms with Gasteiger partial charge in [0.05, 0.1) is 5.52 Å². The van der Waals surface area contributed by atoms with Crippen LogP contribution in [0, 0.1) is 0 Å². The van der Waals surface area contributed by atoms with Crippen molar-refractivity contribution in [2.45, 2.75) is 0 Å². The highest BCUT2D eigenvalue weighted by Gasteiger charge is 2.11. The Kier molecular flexibility index (Phi) is 2.93. The van der Waals surface area contributed by atoms with Crippen molar-refractivity contribution in [1.82, 2.24) is 9.97 Å². The summed E-state index contributed by atoms with van der Waals surface area (Å²) in [6.07, 6.45) is 0.745. The third-order valence-corrected chi connectivity index (χ3v) is 3.99. The normalized spacial score (nSPS) is 10.7. The summed E-state index contributed by atoms with van der Waals surface area (Å²) in [5, 5.41) is 3.54. The molecule has 0 bridgehead atoms. The Balaban J connectivity index is 2.21. The van der Waals surface area contributed by atoms with Gasteiger partial charge < -0.3 is 0 Å². The lowest BCUT2D eigenvalue weighted by molar-refractivity contribution is 0.111. The number of aromatic nitrogens is 2. The van der Waals surface area contributed by atoms with Gasteiger partial charge in [-0.2, -0.15) is 0 Å². The number of hydrogen-bond acceptors (Lipinski definition) is 4. The Morgan fingerprint density at radius 2 is 2.06 bits per heavy atom. The Labute approximate surface area is 116 Å². The molecule has 2 heterocycles. The molecule has 1 aromatic carbocycles. The first-order chi connectivity index (χ1) is 8.78. The highest BCUT2D eigenvalue weighted by Crippen LogP contribution is 2.31. The van der Waals surface area contributed by atoms with E-state index in [2.05, 4.69) is 25.9 Å². The molecule has 0 amide bonds. The lowest BCUT2D eigenvalue weighted by Crippen LogP contribution is -1.88. The summed E-state index contributed by atoms with van der Waals surface area (Å²) in [4.78, 5) is 19.5. The fourth-order valence-corrected chi connectivity index (χ4v) is 3.11. The van der Waals surface area contributed by atoms with Crippen LogP contribution in [0.1, 0.15) is 10.5 Å². The largest absolute Gasteiger partial charge is 0.296 e. The first-order valence-corrected chi connectivity index (χ1v) is 6.91. The molecule has 0 saturated carbocycles. The second-order valence-corrected chi connectivity index (χ2v) is 5.42. The molecule has 0 spiro atoms. The van der Waals surface area contributed by atoms with E-state index in [1.165, 1.54) is 11.3 Å². The molecule has 3 nitrogen and oxygen atoms in total. The molecule has 0 atom stereocenters. The minimum absolute atomic E-state index is 0.442. The van der Waals surface area contributed by atoms with Crippen molar-refractivity contribution in [2.75, 3.05) is 0 Å². The van der Waals surface area contributed by atoms with Crippen LogP contribution in [0.25, 0.3) is 21.6 Å². The number of halogens is 1. The minimum atomic E-state index is 0.442. The number of aldehydes is 1. The molecular weight excluding hydrogens is 312 g/mol. The smallest absolute Gasteiger partial charge is 0.169 e. The van der Waals surface area contributed by atoms with Crippen molar-refractivity contribution in [3.63, 3.8) is 0 Å². The van der Waals surface area contributed by atoms with Gasteiger partial charge >= 0.3 is 0 Å². The van der Waals surface area contributed by atoms with Gasteiger partial charge in [-0.1, -0.05) is 18.2 Å². The average molecular weight is 319 g/mol. The van der Waals surface area contributed by atoms with Crippen molar-refractivity contribution in [2.24, 2.45) is 0 Å². The third kappa shape index (κ3) is 1.95. The zero-order valence-electron chi connectivity index (χ0n) is 9.13. The van der Waals surface area contributed by atoms with Gasteiger partial charge in [0, 0.05) is 15.2 Å². The monoisotopic (exact) mass is 318 g/mol. The van der Waals surface area contributed by atoms with Gasteiger partial charge in [0.15, 0.2) is 6.29 Å². The SMILES string of the molecule is O=Cc1csc(-c2nc3ccccc3cc2Br)n1. The van der Waals surface area contributed by atoms with E-state index in [9.17, 15) is 4.79 Å². The summed E-state index contributed by atoms with van der Waals surface area (Å²) in [6.45, 7) is 0. The summed E-state index contributed by atoms with van der Waals surface area (Å²) in [5.74, 6) is 0. The van der Waals surface area contributed by atoms with Crippen LogP contribution in [-0.2, 0) is 0 Å². The molecule has 0 aliphatic rings. The number of carbonyl (C=O) groups excluding carboxylic acids is 1. The number of benzene rings is 1.